The third kappa shape index (κ3) is 5.05. The fourth-order valence-corrected chi connectivity index (χ4v) is 5.31. The minimum atomic E-state index is -1.16. The quantitative estimate of drug-likeness (QED) is 0.234. The van der Waals surface area contributed by atoms with Gasteiger partial charge in [-0.2, -0.15) is 0 Å². The topological polar surface area (TPSA) is 139 Å². The van der Waals surface area contributed by atoms with Crippen molar-refractivity contribution in [2.75, 3.05) is 6.61 Å². The predicted octanol–water partition coefficient (Wildman–Crippen LogP) is 3.76. The van der Waals surface area contributed by atoms with Crippen LogP contribution in [-0.4, -0.2) is 50.7 Å². The Hall–Kier alpha value is -4.96. The molecule has 3 atom stereocenters. The van der Waals surface area contributed by atoms with Crippen LogP contribution in [0.2, 0.25) is 0 Å². The molecule has 3 aliphatic heterocycles. The lowest BCUT2D eigenvalue weighted by Gasteiger charge is -2.44. The maximum atomic E-state index is 12.3. The second-order valence-corrected chi connectivity index (χ2v) is 10.0. The van der Waals surface area contributed by atoms with Crippen LogP contribution < -0.4 is 14.9 Å². The number of hydrogen-bond acceptors (Lipinski definition) is 8. The Morgan fingerprint density at radius 2 is 1.88 bits per heavy atom. The van der Waals surface area contributed by atoms with Crippen molar-refractivity contribution in [1.29, 1.82) is 0 Å². The molecular weight excluding hydrogens is 528 g/mol. The van der Waals surface area contributed by atoms with E-state index in [9.17, 15) is 24.6 Å². The lowest BCUT2D eigenvalue weighted by atomic mass is 9.83. The minimum absolute atomic E-state index is 0.0289. The summed E-state index contributed by atoms with van der Waals surface area (Å²) in [6.07, 6.45) is 2.94. The molecule has 0 spiro atoms. The summed E-state index contributed by atoms with van der Waals surface area (Å²) in [5, 5.41) is 19.5. The van der Waals surface area contributed by atoms with Crippen molar-refractivity contribution in [2.24, 2.45) is 5.92 Å². The summed E-state index contributed by atoms with van der Waals surface area (Å²) in [6.45, 7) is 2.07. The van der Waals surface area contributed by atoms with E-state index in [2.05, 4.69) is 4.98 Å². The van der Waals surface area contributed by atoms with Gasteiger partial charge in [-0.3, -0.25) is 9.59 Å². The lowest BCUT2D eigenvalue weighted by Crippen LogP contribution is -2.61. The van der Waals surface area contributed by atoms with Gasteiger partial charge in [0.25, 0.3) is 0 Å². The van der Waals surface area contributed by atoms with Gasteiger partial charge in [-0.1, -0.05) is 18.2 Å². The Labute approximate surface area is 234 Å². The van der Waals surface area contributed by atoms with Gasteiger partial charge < -0.3 is 29.0 Å². The summed E-state index contributed by atoms with van der Waals surface area (Å²) >= 11 is 0. The van der Waals surface area contributed by atoms with Gasteiger partial charge in [0.2, 0.25) is 5.91 Å². The molecule has 0 saturated carbocycles. The molecule has 0 bridgehead atoms. The third-order valence-electron chi connectivity index (χ3n) is 7.28. The van der Waals surface area contributed by atoms with E-state index in [-0.39, 0.29) is 29.7 Å². The van der Waals surface area contributed by atoms with E-state index >= 15 is 0 Å². The standard InChI is InChI=1S/C31H26N2O8/c1-17(34)28-25-13-19(29(31(37)38)33(25)30(28)36)3-2-12-39-21-7-4-18(5-8-21)16-40-22-9-11-24-27(15-22)41-26-14-20(35)6-10-23(26)32-24/h2-11,14-15,17,25,28,34H,12-13,16H2,1H3,(H,37,38)/b3-2+/t17?,25-,28-/m1/s1. The lowest BCUT2D eigenvalue weighted by molar-refractivity contribution is -0.161. The molecule has 6 rings (SSSR count). The van der Waals surface area contributed by atoms with Gasteiger partial charge in [0.05, 0.1) is 18.1 Å². The van der Waals surface area contributed by atoms with Crippen molar-refractivity contribution in [3.05, 3.63) is 99.9 Å². The van der Waals surface area contributed by atoms with Gasteiger partial charge >= 0.3 is 5.97 Å². The number of hydrogen-bond donors (Lipinski definition) is 2. The molecule has 2 N–H and O–H groups in total. The van der Waals surface area contributed by atoms with Crippen LogP contribution in [0.5, 0.6) is 11.5 Å². The number of allylic oxidation sites excluding steroid dienone is 1. The zero-order valence-electron chi connectivity index (χ0n) is 22.0. The SMILES string of the molecule is CC(O)[C@H]1C(=O)N2C(C(=O)O)=C(/C=C/COc3ccc(COc4ccc5nc6ccc(=O)cc-6oc5c4)cc3)C[C@H]12. The maximum absolute atomic E-state index is 12.3. The van der Waals surface area contributed by atoms with Crippen LogP contribution in [0, 0.1) is 5.92 Å². The number of carboxylic acids is 1. The molecule has 1 amide bonds. The van der Waals surface area contributed by atoms with Gasteiger partial charge in [0, 0.05) is 12.1 Å². The molecule has 2 aromatic carbocycles. The summed E-state index contributed by atoms with van der Waals surface area (Å²) in [5.41, 5.74) is 3.06. The summed E-state index contributed by atoms with van der Waals surface area (Å²) in [4.78, 5) is 41.5. The van der Waals surface area contributed by atoms with Crippen molar-refractivity contribution in [3.8, 4) is 23.0 Å². The van der Waals surface area contributed by atoms with Gasteiger partial charge in [0.15, 0.2) is 16.8 Å². The van der Waals surface area contributed by atoms with E-state index in [1.807, 2.05) is 24.3 Å². The van der Waals surface area contributed by atoms with Crippen LogP contribution >= 0.6 is 0 Å². The first kappa shape index (κ1) is 26.3. The highest BCUT2D eigenvalue weighted by atomic mass is 16.5. The molecule has 0 aromatic heterocycles. The number of benzene rings is 3. The Balaban J connectivity index is 1.04. The van der Waals surface area contributed by atoms with E-state index in [1.54, 1.807) is 43.3 Å². The average molecular weight is 555 g/mol. The molecule has 10 heteroatoms. The number of aliphatic hydroxyl groups excluding tert-OH is 1. The van der Waals surface area contributed by atoms with Gasteiger partial charge in [-0.05, 0) is 67.0 Å². The fraction of sp³-hybridized carbons (Fsp3) is 0.226. The molecule has 208 valence electrons. The van der Waals surface area contributed by atoms with E-state index in [0.29, 0.717) is 52.7 Å². The molecule has 1 saturated heterocycles. The predicted molar refractivity (Wildman–Crippen MR) is 147 cm³/mol. The molecule has 10 nitrogen and oxygen atoms in total. The summed E-state index contributed by atoms with van der Waals surface area (Å²) in [7, 11) is 0. The smallest absolute Gasteiger partial charge is 0.352 e. The van der Waals surface area contributed by atoms with Crippen molar-refractivity contribution >= 4 is 23.0 Å². The summed E-state index contributed by atoms with van der Waals surface area (Å²) in [5.74, 6) is -0.448. The number of fused-ring (bicyclic) bond motifs is 3. The van der Waals surface area contributed by atoms with Crippen molar-refractivity contribution in [3.63, 3.8) is 0 Å². The Kier molecular flexibility index (Phi) is 6.76. The molecule has 41 heavy (non-hydrogen) atoms. The summed E-state index contributed by atoms with van der Waals surface area (Å²) in [6, 6.07) is 16.9. The molecule has 1 unspecified atom stereocenters. The molecule has 4 aliphatic rings. The maximum Gasteiger partial charge on any atom is 0.352 e. The number of aliphatic hydroxyl groups is 1. The Morgan fingerprint density at radius 3 is 2.63 bits per heavy atom. The van der Waals surface area contributed by atoms with Crippen LogP contribution in [0.4, 0.5) is 0 Å². The number of aliphatic carboxylic acids is 1. The Bertz CT molecular complexity index is 1740. The second kappa shape index (κ2) is 10.5. The highest BCUT2D eigenvalue weighted by molar-refractivity contribution is 6.00. The number of carboxylic acid groups (broad SMARTS) is 1. The number of aromatic nitrogens is 1. The van der Waals surface area contributed by atoms with Crippen LogP contribution in [0.3, 0.4) is 0 Å². The normalized spacial score (nSPS) is 19.1. The molecule has 3 heterocycles. The first-order valence-corrected chi connectivity index (χ1v) is 13.1. The first-order valence-electron chi connectivity index (χ1n) is 13.1. The number of carbonyl (C=O) groups is 2. The molecule has 1 aliphatic carbocycles. The van der Waals surface area contributed by atoms with Crippen LogP contribution in [-0.2, 0) is 16.2 Å². The highest BCUT2D eigenvalue weighted by Crippen LogP contribution is 2.44. The summed E-state index contributed by atoms with van der Waals surface area (Å²) < 4.78 is 17.5. The first-order chi connectivity index (χ1) is 19.8. The van der Waals surface area contributed by atoms with Crippen molar-refractivity contribution < 1.29 is 33.7 Å². The zero-order chi connectivity index (χ0) is 28.7. The number of rotatable bonds is 9. The Morgan fingerprint density at radius 1 is 1.10 bits per heavy atom. The van der Waals surface area contributed by atoms with Crippen molar-refractivity contribution in [2.45, 2.75) is 32.1 Å². The van der Waals surface area contributed by atoms with Gasteiger partial charge in [-0.15, -0.1) is 0 Å². The number of β-lactam (4-membered cyclic amide) rings is 1. The molecular formula is C31H26N2O8. The average Bonchev–Trinajstić information content (AvgIpc) is 3.27. The second-order valence-electron chi connectivity index (χ2n) is 10.0. The monoisotopic (exact) mass is 554 g/mol. The van der Waals surface area contributed by atoms with Crippen molar-refractivity contribution in [1.82, 2.24) is 9.88 Å². The van der Waals surface area contributed by atoms with Crippen LogP contribution in [0.25, 0.3) is 22.6 Å². The van der Waals surface area contributed by atoms with E-state index < -0.39 is 18.0 Å². The number of ether oxygens (including phenoxy) is 2. The largest absolute Gasteiger partial charge is 0.490 e. The van der Waals surface area contributed by atoms with Gasteiger partial charge in [-0.25, -0.2) is 9.78 Å². The zero-order valence-corrected chi connectivity index (χ0v) is 22.0. The van der Waals surface area contributed by atoms with Gasteiger partial charge in [0.1, 0.15) is 41.6 Å². The molecule has 1 fully saturated rings. The minimum Gasteiger partial charge on any atom is -0.490 e. The van der Waals surface area contributed by atoms with E-state index in [4.69, 9.17) is 13.9 Å². The molecule has 0 radical (unpaired) electrons. The van der Waals surface area contributed by atoms with Crippen LogP contribution in [0.15, 0.2) is 93.3 Å². The number of nitrogens with zero attached hydrogens (tertiary/aromatic N) is 2. The van der Waals surface area contributed by atoms with E-state index in [1.165, 1.54) is 17.0 Å². The van der Waals surface area contributed by atoms with E-state index in [0.717, 1.165) is 5.56 Å². The third-order valence-corrected chi connectivity index (χ3v) is 7.28. The highest BCUT2D eigenvalue weighted by Gasteiger charge is 2.56. The number of carbonyl (C=O) groups excluding carboxylic acids is 1. The fourth-order valence-electron chi connectivity index (χ4n) is 5.31. The number of amides is 1. The molecule has 2 aromatic rings. The van der Waals surface area contributed by atoms with Crippen LogP contribution in [0.1, 0.15) is 18.9 Å².